The van der Waals surface area contributed by atoms with Gasteiger partial charge in [-0.3, -0.25) is 0 Å². The van der Waals surface area contributed by atoms with Gasteiger partial charge in [-0.15, -0.1) is 0 Å². The van der Waals surface area contributed by atoms with Gasteiger partial charge in [-0.1, -0.05) is 6.58 Å². The Morgan fingerprint density at radius 1 is 1.53 bits per heavy atom. The third-order valence-corrected chi connectivity index (χ3v) is 2.73. The van der Waals surface area contributed by atoms with Crippen molar-refractivity contribution < 1.29 is 17.6 Å². The SMILES string of the molecule is C=COCCCNCc1ccc(S(N)(=O)=O)o1. The fourth-order valence-corrected chi connectivity index (χ4v) is 1.66. The van der Waals surface area contributed by atoms with Crippen molar-refractivity contribution in [3.63, 3.8) is 0 Å². The lowest BCUT2D eigenvalue weighted by atomic mass is 10.4. The minimum absolute atomic E-state index is 0.218. The molecule has 0 radical (unpaired) electrons. The van der Waals surface area contributed by atoms with Crippen molar-refractivity contribution in [2.45, 2.75) is 18.1 Å². The van der Waals surface area contributed by atoms with Crippen molar-refractivity contribution in [3.8, 4) is 0 Å². The summed E-state index contributed by atoms with van der Waals surface area (Å²) in [4.78, 5) is 0. The summed E-state index contributed by atoms with van der Waals surface area (Å²) in [5.41, 5.74) is 0. The van der Waals surface area contributed by atoms with Crippen LogP contribution in [0.1, 0.15) is 12.2 Å². The first-order valence-electron chi connectivity index (χ1n) is 5.09. The Bertz CT molecular complexity index is 453. The van der Waals surface area contributed by atoms with Crippen LogP contribution in [0.4, 0.5) is 0 Å². The first-order chi connectivity index (χ1) is 8.04. The first kappa shape index (κ1) is 13.8. The number of nitrogens with one attached hydrogen (secondary N) is 1. The summed E-state index contributed by atoms with van der Waals surface area (Å²) in [7, 11) is -3.75. The first-order valence-corrected chi connectivity index (χ1v) is 6.63. The average molecular weight is 260 g/mol. The van der Waals surface area contributed by atoms with Gasteiger partial charge in [0.1, 0.15) is 5.76 Å². The molecule has 7 heteroatoms. The summed E-state index contributed by atoms with van der Waals surface area (Å²) in [6.07, 6.45) is 2.22. The Kier molecular flexibility index (Phi) is 5.20. The highest BCUT2D eigenvalue weighted by atomic mass is 32.2. The summed E-state index contributed by atoms with van der Waals surface area (Å²) in [5.74, 6) is 0.527. The highest BCUT2D eigenvalue weighted by molar-refractivity contribution is 7.89. The van der Waals surface area contributed by atoms with E-state index in [4.69, 9.17) is 14.3 Å². The van der Waals surface area contributed by atoms with Crippen LogP contribution in [0.5, 0.6) is 0 Å². The van der Waals surface area contributed by atoms with E-state index in [1.165, 1.54) is 12.3 Å². The van der Waals surface area contributed by atoms with Crippen LogP contribution in [0, 0.1) is 0 Å². The van der Waals surface area contributed by atoms with Gasteiger partial charge in [0.15, 0.2) is 0 Å². The Morgan fingerprint density at radius 2 is 2.29 bits per heavy atom. The third-order valence-electron chi connectivity index (χ3n) is 1.95. The van der Waals surface area contributed by atoms with Gasteiger partial charge >= 0.3 is 0 Å². The maximum atomic E-state index is 10.9. The lowest BCUT2D eigenvalue weighted by Crippen LogP contribution is -2.15. The van der Waals surface area contributed by atoms with Crippen molar-refractivity contribution >= 4 is 10.0 Å². The number of furan rings is 1. The Hall–Kier alpha value is -1.31. The molecule has 1 heterocycles. The zero-order valence-electron chi connectivity index (χ0n) is 9.39. The summed E-state index contributed by atoms with van der Waals surface area (Å²) in [6.45, 7) is 5.20. The van der Waals surface area contributed by atoms with Gasteiger partial charge < -0.3 is 14.5 Å². The van der Waals surface area contributed by atoms with Crippen LogP contribution in [0.15, 0.2) is 34.5 Å². The molecule has 0 amide bonds. The molecular formula is C10H16N2O4S. The maximum absolute atomic E-state index is 10.9. The number of hydrogen-bond donors (Lipinski definition) is 2. The molecular weight excluding hydrogens is 244 g/mol. The van der Waals surface area contributed by atoms with Gasteiger partial charge in [0.2, 0.25) is 5.09 Å². The smallest absolute Gasteiger partial charge is 0.271 e. The standard InChI is InChI=1S/C10H16N2O4S/c1-2-15-7-3-6-12-8-9-4-5-10(16-9)17(11,13)14/h2,4-5,12H,1,3,6-8H2,(H2,11,13,14). The highest BCUT2D eigenvalue weighted by Crippen LogP contribution is 2.11. The molecule has 0 aromatic carbocycles. The van der Waals surface area contributed by atoms with E-state index in [-0.39, 0.29) is 5.09 Å². The van der Waals surface area contributed by atoms with E-state index >= 15 is 0 Å². The van der Waals surface area contributed by atoms with Crippen molar-refractivity contribution in [2.24, 2.45) is 5.14 Å². The Balaban J connectivity index is 2.28. The molecule has 3 N–H and O–H groups in total. The zero-order chi connectivity index (χ0) is 12.7. The van der Waals surface area contributed by atoms with Gasteiger partial charge in [0, 0.05) is 0 Å². The van der Waals surface area contributed by atoms with Crippen LogP contribution in [0.25, 0.3) is 0 Å². The molecule has 0 bridgehead atoms. The topological polar surface area (TPSA) is 94.6 Å². The lowest BCUT2D eigenvalue weighted by Gasteiger charge is -2.02. The monoisotopic (exact) mass is 260 g/mol. The van der Waals surface area contributed by atoms with E-state index in [1.54, 1.807) is 6.07 Å². The van der Waals surface area contributed by atoms with Crippen LogP contribution in [0.3, 0.4) is 0 Å². The lowest BCUT2D eigenvalue weighted by molar-refractivity contribution is 0.244. The van der Waals surface area contributed by atoms with E-state index in [2.05, 4.69) is 11.9 Å². The van der Waals surface area contributed by atoms with E-state index in [9.17, 15) is 8.42 Å². The second-order valence-corrected chi connectivity index (χ2v) is 4.83. The molecule has 0 aliphatic carbocycles. The summed E-state index contributed by atoms with van der Waals surface area (Å²) in [6, 6.07) is 2.92. The number of rotatable bonds is 8. The van der Waals surface area contributed by atoms with Gasteiger partial charge in [-0.25, -0.2) is 13.6 Å². The van der Waals surface area contributed by atoms with Crippen molar-refractivity contribution in [3.05, 3.63) is 30.7 Å². The molecule has 0 saturated carbocycles. The maximum Gasteiger partial charge on any atom is 0.271 e. The number of ether oxygens (including phenoxy) is 1. The van der Waals surface area contributed by atoms with Crippen LogP contribution >= 0.6 is 0 Å². The normalized spacial score (nSPS) is 11.4. The van der Waals surface area contributed by atoms with Crippen molar-refractivity contribution in [1.82, 2.24) is 5.32 Å². The number of primary sulfonamides is 1. The predicted molar refractivity (Wildman–Crippen MR) is 62.6 cm³/mol. The fourth-order valence-electron chi connectivity index (χ4n) is 1.18. The number of hydrogen-bond acceptors (Lipinski definition) is 5. The zero-order valence-corrected chi connectivity index (χ0v) is 10.2. The largest absolute Gasteiger partial charge is 0.502 e. The molecule has 0 spiro atoms. The molecule has 6 nitrogen and oxygen atoms in total. The van der Waals surface area contributed by atoms with Crippen LogP contribution < -0.4 is 10.5 Å². The second kappa shape index (κ2) is 6.43. The van der Waals surface area contributed by atoms with E-state index in [0.29, 0.717) is 18.9 Å². The van der Waals surface area contributed by atoms with Gasteiger partial charge in [0.05, 0.1) is 19.4 Å². The molecule has 0 aliphatic heterocycles. The van der Waals surface area contributed by atoms with Crippen molar-refractivity contribution in [2.75, 3.05) is 13.2 Å². The third kappa shape index (κ3) is 5.03. The molecule has 0 fully saturated rings. The summed E-state index contributed by atoms with van der Waals surface area (Å²) in [5, 5.41) is 7.78. The molecule has 0 atom stereocenters. The Labute approximate surface area is 100 Å². The van der Waals surface area contributed by atoms with Crippen molar-refractivity contribution in [1.29, 1.82) is 0 Å². The van der Waals surface area contributed by atoms with Crippen LogP contribution in [-0.2, 0) is 21.3 Å². The molecule has 17 heavy (non-hydrogen) atoms. The summed E-state index contributed by atoms with van der Waals surface area (Å²) < 4.78 is 31.9. The molecule has 96 valence electrons. The second-order valence-electron chi connectivity index (χ2n) is 3.33. The van der Waals surface area contributed by atoms with Crippen LogP contribution in [-0.4, -0.2) is 21.6 Å². The minimum atomic E-state index is -3.75. The molecule has 0 saturated heterocycles. The molecule has 0 unspecified atom stereocenters. The Morgan fingerprint density at radius 3 is 2.88 bits per heavy atom. The highest BCUT2D eigenvalue weighted by Gasteiger charge is 2.12. The predicted octanol–water partition coefficient (Wildman–Crippen LogP) is 0.567. The fraction of sp³-hybridized carbons (Fsp3) is 0.400. The summed E-state index contributed by atoms with van der Waals surface area (Å²) >= 11 is 0. The molecule has 0 aliphatic rings. The quantitative estimate of drug-likeness (QED) is 0.526. The van der Waals surface area contributed by atoms with E-state index in [1.807, 2.05) is 0 Å². The number of nitrogens with two attached hydrogens (primary N) is 1. The molecule has 1 rings (SSSR count). The van der Waals surface area contributed by atoms with E-state index < -0.39 is 10.0 Å². The number of sulfonamides is 1. The van der Waals surface area contributed by atoms with Gasteiger partial charge in [-0.05, 0) is 25.1 Å². The van der Waals surface area contributed by atoms with Gasteiger partial charge in [0.25, 0.3) is 10.0 Å². The van der Waals surface area contributed by atoms with E-state index in [0.717, 1.165) is 13.0 Å². The minimum Gasteiger partial charge on any atom is -0.502 e. The van der Waals surface area contributed by atoms with Crippen LogP contribution in [0.2, 0.25) is 0 Å². The average Bonchev–Trinajstić information content (AvgIpc) is 2.71. The molecule has 1 aromatic rings. The molecule has 1 aromatic heterocycles. The van der Waals surface area contributed by atoms with Gasteiger partial charge in [-0.2, -0.15) is 0 Å².